The molecule has 8 nitrogen and oxygen atoms in total. The number of esters is 1. The fourth-order valence-corrected chi connectivity index (χ4v) is 3.72. The van der Waals surface area contributed by atoms with Gasteiger partial charge in [-0.2, -0.15) is 0 Å². The highest BCUT2D eigenvalue weighted by Gasteiger charge is 2.25. The van der Waals surface area contributed by atoms with Gasteiger partial charge in [-0.25, -0.2) is 4.79 Å². The number of rotatable bonds is 8. The van der Waals surface area contributed by atoms with Crippen molar-refractivity contribution in [3.63, 3.8) is 0 Å². The number of fused-ring (bicyclic) bond motifs is 1. The van der Waals surface area contributed by atoms with Gasteiger partial charge in [0.05, 0.1) is 12.7 Å². The average Bonchev–Trinajstić information content (AvgIpc) is 3.03. The molecule has 0 aliphatic carbocycles. The number of nitrogens with one attached hydrogen (secondary N) is 1. The van der Waals surface area contributed by atoms with Crippen molar-refractivity contribution in [1.82, 2.24) is 5.32 Å². The number of carbonyl (C=O) groups is 4. The molecule has 2 rings (SSSR count). The highest BCUT2D eigenvalue weighted by atomic mass is 32.1. The van der Waals surface area contributed by atoms with Crippen LogP contribution in [0.1, 0.15) is 29.1 Å². The molecular formula is C18H20N2O6S. The smallest absolute Gasteiger partial charge is 0.328 e. The van der Waals surface area contributed by atoms with Gasteiger partial charge in [0.25, 0.3) is 17.6 Å². The van der Waals surface area contributed by atoms with E-state index in [4.69, 9.17) is 10.5 Å². The van der Waals surface area contributed by atoms with Gasteiger partial charge in [-0.15, -0.1) is 11.3 Å². The van der Waals surface area contributed by atoms with Crippen LogP contribution in [0, 0.1) is 0 Å². The SMILES string of the molecule is CCc1sc2cccc(OCC(=O)N[C@H](C)C(=O)OC)c2c1C(=O)C(N)=O. The van der Waals surface area contributed by atoms with Crippen molar-refractivity contribution in [2.24, 2.45) is 5.73 Å². The molecule has 1 aromatic heterocycles. The van der Waals surface area contributed by atoms with Crippen LogP contribution in [0.25, 0.3) is 10.1 Å². The van der Waals surface area contributed by atoms with Gasteiger partial charge < -0.3 is 20.5 Å². The van der Waals surface area contributed by atoms with E-state index in [1.807, 2.05) is 6.92 Å². The average molecular weight is 392 g/mol. The third kappa shape index (κ3) is 4.43. The van der Waals surface area contributed by atoms with Gasteiger partial charge in [-0.3, -0.25) is 14.4 Å². The summed E-state index contributed by atoms with van der Waals surface area (Å²) in [5, 5.41) is 2.90. The Morgan fingerprint density at radius 2 is 1.96 bits per heavy atom. The monoisotopic (exact) mass is 392 g/mol. The Labute approximate surface area is 159 Å². The molecule has 1 atom stereocenters. The van der Waals surface area contributed by atoms with E-state index in [1.54, 1.807) is 18.2 Å². The summed E-state index contributed by atoms with van der Waals surface area (Å²) in [5.74, 6) is -2.67. The summed E-state index contributed by atoms with van der Waals surface area (Å²) in [4.78, 5) is 47.8. The lowest BCUT2D eigenvalue weighted by Crippen LogP contribution is -2.41. The van der Waals surface area contributed by atoms with Crippen molar-refractivity contribution < 1.29 is 28.7 Å². The molecule has 27 heavy (non-hydrogen) atoms. The molecule has 0 saturated heterocycles. The quantitative estimate of drug-likeness (QED) is 0.395. The molecule has 0 radical (unpaired) electrons. The van der Waals surface area contributed by atoms with Gasteiger partial charge in [-0.05, 0) is 25.5 Å². The van der Waals surface area contributed by atoms with Crippen molar-refractivity contribution >= 4 is 45.0 Å². The standard InChI is InChI=1S/C18H20N2O6S/c1-4-11-15(16(22)17(19)23)14-10(6-5-7-12(14)27-11)26-8-13(21)20-9(2)18(24)25-3/h5-7,9H,4,8H2,1-3H3,(H2,19,23)(H,20,21)/t9-/m1/s1. The molecule has 2 amide bonds. The van der Waals surface area contributed by atoms with Gasteiger partial charge in [0.15, 0.2) is 6.61 Å². The second-order valence-electron chi connectivity index (χ2n) is 5.68. The number of hydrogen-bond donors (Lipinski definition) is 2. The molecular weight excluding hydrogens is 372 g/mol. The Morgan fingerprint density at radius 1 is 1.26 bits per heavy atom. The Bertz CT molecular complexity index is 905. The van der Waals surface area contributed by atoms with E-state index in [9.17, 15) is 19.2 Å². The van der Waals surface area contributed by atoms with Gasteiger partial charge in [0.2, 0.25) is 0 Å². The lowest BCUT2D eigenvalue weighted by Gasteiger charge is -2.13. The third-order valence-corrected chi connectivity index (χ3v) is 5.11. The number of amides is 2. The lowest BCUT2D eigenvalue weighted by molar-refractivity contribution is -0.144. The Hall–Kier alpha value is -2.94. The van der Waals surface area contributed by atoms with Crippen LogP contribution in [0.4, 0.5) is 0 Å². The number of thiophene rings is 1. The maximum Gasteiger partial charge on any atom is 0.328 e. The summed E-state index contributed by atoms with van der Waals surface area (Å²) in [6, 6.07) is 4.30. The molecule has 0 saturated carbocycles. The minimum Gasteiger partial charge on any atom is -0.483 e. The fraction of sp³-hybridized carbons (Fsp3) is 0.333. The van der Waals surface area contributed by atoms with E-state index in [1.165, 1.54) is 25.4 Å². The second-order valence-corrected chi connectivity index (χ2v) is 6.81. The molecule has 0 bridgehead atoms. The number of ether oxygens (including phenoxy) is 2. The first-order valence-electron chi connectivity index (χ1n) is 8.18. The molecule has 0 aliphatic heterocycles. The first-order chi connectivity index (χ1) is 12.8. The molecule has 3 N–H and O–H groups in total. The Balaban J connectivity index is 2.30. The normalized spacial score (nSPS) is 11.7. The predicted molar refractivity (Wildman–Crippen MR) is 99.8 cm³/mol. The van der Waals surface area contributed by atoms with E-state index in [-0.39, 0.29) is 17.9 Å². The van der Waals surface area contributed by atoms with Crippen LogP contribution in [-0.2, 0) is 25.5 Å². The molecule has 144 valence electrons. The Morgan fingerprint density at radius 3 is 2.56 bits per heavy atom. The van der Waals surface area contributed by atoms with E-state index >= 15 is 0 Å². The number of methoxy groups -OCH3 is 1. The second kappa shape index (κ2) is 8.63. The van der Waals surface area contributed by atoms with E-state index in [0.29, 0.717) is 16.7 Å². The van der Waals surface area contributed by atoms with Crippen LogP contribution in [0.15, 0.2) is 18.2 Å². The highest BCUT2D eigenvalue weighted by molar-refractivity contribution is 7.19. The highest BCUT2D eigenvalue weighted by Crippen LogP contribution is 2.38. The van der Waals surface area contributed by atoms with Gasteiger partial charge in [0.1, 0.15) is 11.8 Å². The number of hydrogen-bond acceptors (Lipinski definition) is 7. The molecule has 9 heteroatoms. The van der Waals surface area contributed by atoms with E-state index in [2.05, 4.69) is 10.1 Å². The van der Waals surface area contributed by atoms with Crippen LogP contribution >= 0.6 is 11.3 Å². The van der Waals surface area contributed by atoms with Crippen LogP contribution in [0.2, 0.25) is 0 Å². The number of nitrogens with two attached hydrogens (primary N) is 1. The summed E-state index contributed by atoms with van der Waals surface area (Å²) in [7, 11) is 1.22. The maximum atomic E-state index is 12.3. The number of aryl methyl sites for hydroxylation is 1. The summed E-state index contributed by atoms with van der Waals surface area (Å²) in [5.41, 5.74) is 5.39. The number of benzene rings is 1. The topological polar surface area (TPSA) is 125 Å². The minimum atomic E-state index is -1.05. The van der Waals surface area contributed by atoms with Crippen LogP contribution < -0.4 is 15.8 Å². The van der Waals surface area contributed by atoms with Crippen molar-refractivity contribution in [1.29, 1.82) is 0 Å². The van der Waals surface area contributed by atoms with Crippen molar-refractivity contribution in [2.45, 2.75) is 26.3 Å². The predicted octanol–water partition coefficient (Wildman–Crippen LogP) is 1.19. The number of ketones is 1. The number of carbonyl (C=O) groups excluding carboxylic acids is 4. The van der Waals surface area contributed by atoms with Crippen molar-refractivity contribution in [3.05, 3.63) is 28.6 Å². The molecule has 0 fully saturated rings. The fourth-order valence-electron chi connectivity index (χ4n) is 2.56. The van der Waals surface area contributed by atoms with Crippen LogP contribution in [0.5, 0.6) is 5.75 Å². The lowest BCUT2D eigenvalue weighted by atomic mass is 10.0. The molecule has 0 spiro atoms. The van der Waals surface area contributed by atoms with Crippen molar-refractivity contribution in [3.8, 4) is 5.75 Å². The summed E-state index contributed by atoms with van der Waals surface area (Å²) in [6.45, 7) is 2.98. The zero-order chi connectivity index (χ0) is 20.1. The molecule has 0 unspecified atom stereocenters. The summed E-state index contributed by atoms with van der Waals surface area (Å²) < 4.78 is 10.8. The minimum absolute atomic E-state index is 0.212. The van der Waals surface area contributed by atoms with Gasteiger partial charge >= 0.3 is 5.97 Å². The van der Waals surface area contributed by atoms with Crippen LogP contribution in [-0.4, -0.2) is 43.3 Å². The molecule has 2 aromatic rings. The summed E-state index contributed by atoms with van der Waals surface area (Å²) >= 11 is 1.37. The maximum absolute atomic E-state index is 12.3. The zero-order valence-electron chi connectivity index (χ0n) is 15.2. The molecule has 1 aromatic carbocycles. The summed E-state index contributed by atoms with van der Waals surface area (Å²) in [6.07, 6.45) is 0.546. The van der Waals surface area contributed by atoms with E-state index < -0.39 is 29.6 Å². The van der Waals surface area contributed by atoms with E-state index in [0.717, 1.165) is 4.70 Å². The van der Waals surface area contributed by atoms with Gasteiger partial charge in [0, 0.05) is 15.0 Å². The van der Waals surface area contributed by atoms with Crippen molar-refractivity contribution in [2.75, 3.05) is 13.7 Å². The Kier molecular flexibility index (Phi) is 6.51. The largest absolute Gasteiger partial charge is 0.483 e. The van der Waals surface area contributed by atoms with Crippen LogP contribution in [0.3, 0.4) is 0 Å². The molecule has 0 aliphatic rings. The molecule has 1 heterocycles. The van der Waals surface area contributed by atoms with Gasteiger partial charge in [-0.1, -0.05) is 13.0 Å². The number of primary amides is 1. The third-order valence-electron chi connectivity index (χ3n) is 3.81. The first kappa shape index (κ1) is 20.4. The first-order valence-corrected chi connectivity index (χ1v) is 9.00. The number of Topliss-reactive ketones (excluding diaryl/α,β-unsaturated/α-hetero) is 1. The zero-order valence-corrected chi connectivity index (χ0v) is 16.0.